The van der Waals surface area contributed by atoms with Crippen LogP contribution in [0.2, 0.25) is 0 Å². The molecule has 2 atom stereocenters. The summed E-state index contributed by atoms with van der Waals surface area (Å²) in [5.41, 5.74) is 5.23. The zero-order chi connectivity index (χ0) is 13.1. The Hall–Kier alpha value is -1.42. The quantitative estimate of drug-likeness (QED) is 0.829. The molecule has 4 heteroatoms. The van der Waals surface area contributed by atoms with E-state index in [4.69, 9.17) is 10.8 Å². The molecule has 3 nitrogen and oxygen atoms in total. The molecule has 0 radical (unpaired) electrons. The van der Waals surface area contributed by atoms with Crippen LogP contribution in [0.25, 0.3) is 0 Å². The third-order valence-electron chi connectivity index (χ3n) is 2.97. The van der Waals surface area contributed by atoms with Crippen LogP contribution in [0.5, 0.6) is 0 Å². The van der Waals surface area contributed by atoms with Crippen molar-refractivity contribution in [3.05, 3.63) is 35.6 Å². The molecule has 2 unspecified atom stereocenters. The zero-order valence-corrected chi connectivity index (χ0v) is 10.1. The summed E-state index contributed by atoms with van der Waals surface area (Å²) >= 11 is 0. The van der Waals surface area contributed by atoms with Crippen LogP contribution in [0.1, 0.15) is 38.2 Å². The van der Waals surface area contributed by atoms with E-state index in [1.165, 1.54) is 19.1 Å². The van der Waals surface area contributed by atoms with Gasteiger partial charge in [-0.05, 0) is 43.4 Å². The van der Waals surface area contributed by atoms with Gasteiger partial charge in [0, 0.05) is 0 Å². The molecule has 0 aliphatic heterocycles. The van der Waals surface area contributed by atoms with E-state index in [1.807, 2.05) is 6.92 Å². The average Bonchev–Trinajstić information content (AvgIpc) is 2.25. The molecule has 1 rings (SSSR count). The summed E-state index contributed by atoms with van der Waals surface area (Å²) in [6.45, 7) is 3.42. The molecule has 0 saturated heterocycles. The van der Waals surface area contributed by atoms with E-state index in [1.54, 1.807) is 12.1 Å². The Labute approximate surface area is 100 Å². The number of carbonyl (C=O) groups is 1. The maximum Gasteiger partial charge on any atom is 0.323 e. The summed E-state index contributed by atoms with van der Waals surface area (Å²) in [4.78, 5) is 11.0. The third kappa shape index (κ3) is 3.53. The molecule has 0 fully saturated rings. The lowest BCUT2D eigenvalue weighted by Crippen LogP contribution is -2.45. The van der Waals surface area contributed by atoms with Gasteiger partial charge in [0.05, 0.1) is 0 Å². The Morgan fingerprint density at radius 2 is 2.24 bits per heavy atom. The number of hydrogen-bond acceptors (Lipinski definition) is 2. The van der Waals surface area contributed by atoms with E-state index in [0.29, 0.717) is 6.42 Å². The molecule has 94 valence electrons. The van der Waals surface area contributed by atoms with Crippen LogP contribution < -0.4 is 5.73 Å². The smallest absolute Gasteiger partial charge is 0.323 e. The molecule has 0 heterocycles. The summed E-state index contributed by atoms with van der Waals surface area (Å²) in [6, 6.07) is 6.23. The fourth-order valence-electron chi connectivity index (χ4n) is 1.86. The Morgan fingerprint density at radius 3 is 2.71 bits per heavy atom. The minimum absolute atomic E-state index is 0.0446. The van der Waals surface area contributed by atoms with Crippen molar-refractivity contribution in [2.45, 2.75) is 38.1 Å². The second-order valence-electron chi connectivity index (χ2n) is 4.59. The van der Waals surface area contributed by atoms with Gasteiger partial charge in [-0.3, -0.25) is 4.79 Å². The lowest BCUT2D eigenvalue weighted by atomic mass is 9.84. The number of rotatable bonds is 5. The molecule has 17 heavy (non-hydrogen) atoms. The van der Waals surface area contributed by atoms with Gasteiger partial charge in [0.2, 0.25) is 0 Å². The topological polar surface area (TPSA) is 63.3 Å². The van der Waals surface area contributed by atoms with Gasteiger partial charge in [-0.1, -0.05) is 19.1 Å². The maximum absolute atomic E-state index is 13.1. The largest absolute Gasteiger partial charge is 0.480 e. The molecule has 0 aromatic heterocycles. The average molecular weight is 239 g/mol. The molecule has 0 bridgehead atoms. The van der Waals surface area contributed by atoms with Gasteiger partial charge in [-0.2, -0.15) is 0 Å². The monoisotopic (exact) mass is 239 g/mol. The Morgan fingerprint density at radius 1 is 1.59 bits per heavy atom. The Bertz CT molecular complexity index is 404. The van der Waals surface area contributed by atoms with E-state index in [-0.39, 0.29) is 11.7 Å². The number of hydrogen-bond donors (Lipinski definition) is 2. The molecule has 0 spiro atoms. The molecule has 1 aromatic carbocycles. The Balaban J connectivity index is 2.90. The van der Waals surface area contributed by atoms with Gasteiger partial charge in [0.25, 0.3) is 0 Å². The van der Waals surface area contributed by atoms with Gasteiger partial charge in [-0.15, -0.1) is 0 Å². The van der Waals surface area contributed by atoms with Gasteiger partial charge in [0.1, 0.15) is 11.4 Å². The highest BCUT2D eigenvalue weighted by molar-refractivity contribution is 5.77. The fourth-order valence-corrected chi connectivity index (χ4v) is 1.86. The molecular weight excluding hydrogens is 221 g/mol. The number of carboxylic acid groups (broad SMARTS) is 1. The van der Waals surface area contributed by atoms with Crippen molar-refractivity contribution in [1.29, 1.82) is 0 Å². The SMILES string of the molecule is CCC(CC(C)(N)C(=O)O)c1cccc(F)c1. The fraction of sp³-hybridized carbons (Fsp3) is 0.462. The molecule has 0 saturated carbocycles. The van der Waals surface area contributed by atoms with Crippen molar-refractivity contribution < 1.29 is 14.3 Å². The van der Waals surface area contributed by atoms with E-state index in [9.17, 15) is 9.18 Å². The summed E-state index contributed by atoms with van der Waals surface area (Å²) in [6.07, 6.45) is 1.02. The van der Waals surface area contributed by atoms with Crippen LogP contribution >= 0.6 is 0 Å². The van der Waals surface area contributed by atoms with Gasteiger partial charge >= 0.3 is 5.97 Å². The number of nitrogens with two attached hydrogens (primary N) is 1. The first-order chi connectivity index (χ1) is 7.86. The van der Waals surface area contributed by atoms with Crippen molar-refractivity contribution in [3.63, 3.8) is 0 Å². The number of carboxylic acids is 1. The lowest BCUT2D eigenvalue weighted by molar-refractivity contribution is -0.143. The molecule has 0 amide bonds. The van der Waals surface area contributed by atoms with Crippen LogP contribution in [0.3, 0.4) is 0 Å². The van der Waals surface area contributed by atoms with Crippen LogP contribution in [0.15, 0.2) is 24.3 Å². The van der Waals surface area contributed by atoms with E-state index >= 15 is 0 Å². The van der Waals surface area contributed by atoms with Crippen molar-refractivity contribution in [2.75, 3.05) is 0 Å². The molecule has 1 aromatic rings. The van der Waals surface area contributed by atoms with E-state index in [0.717, 1.165) is 12.0 Å². The maximum atomic E-state index is 13.1. The van der Waals surface area contributed by atoms with Crippen molar-refractivity contribution in [1.82, 2.24) is 0 Å². The normalized spacial score (nSPS) is 16.2. The van der Waals surface area contributed by atoms with E-state index in [2.05, 4.69) is 0 Å². The first-order valence-electron chi connectivity index (χ1n) is 5.64. The molecule has 0 aliphatic carbocycles. The van der Waals surface area contributed by atoms with Crippen LogP contribution in [0, 0.1) is 5.82 Å². The zero-order valence-electron chi connectivity index (χ0n) is 10.1. The van der Waals surface area contributed by atoms with Crippen molar-refractivity contribution in [2.24, 2.45) is 5.73 Å². The van der Waals surface area contributed by atoms with Crippen LogP contribution in [-0.4, -0.2) is 16.6 Å². The predicted molar refractivity (Wildman–Crippen MR) is 64.3 cm³/mol. The summed E-state index contributed by atoms with van der Waals surface area (Å²) in [5, 5.41) is 8.99. The van der Waals surface area contributed by atoms with Gasteiger partial charge < -0.3 is 10.8 Å². The summed E-state index contributed by atoms with van der Waals surface area (Å²) in [7, 11) is 0. The number of halogens is 1. The van der Waals surface area contributed by atoms with Gasteiger partial charge in [0.15, 0.2) is 0 Å². The number of benzene rings is 1. The lowest BCUT2D eigenvalue weighted by Gasteiger charge is -2.25. The van der Waals surface area contributed by atoms with E-state index < -0.39 is 11.5 Å². The minimum atomic E-state index is -1.28. The predicted octanol–water partition coefficient (Wildman–Crippen LogP) is 2.51. The highest BCUT2D eigenvalue weighted by Crippen LogP contribution is 2.28. The second kappa shape index (κ2) is 5.27. The highest BCUT2D eigenvalue weighted by atomic mass is 19.1. The molecule has 0 aliphatic rings. The highest BCUT2D eigenvalue weighted by Gasteiger charge is 2.31. The summed E-state index contributed by atoms with van der Waals surface area (Å²) in [5.74, 6) is -1.39. The standard InChI is InChI=1S/C13H18FNO2/c1-3-9(8-13(2,15)12(16)17)10-5-4-6-11(14)7-10/h4-7,9H,3,8,15H2,1-2H3,(H,16,17). The Kier molecular flexibility index (Phi) is 4.23. The first-order valence-corrected chi connectivity index (χ1v) is 5.64. The van der Waals surface area contributed by atoms with Crippen molar-refractivity contribution >= 4 is 5.97 Å². The van der Waals surface area contributed by atoms with Gasteiger partial charge in [-0.25, -0.2) is 4.39 Å². The van der Waals surface area contributed by atoms with Crippen LogP contribution in [0.4, 0.5) is 4.39 Å². The third-order valence-corrected chi connectivity index (χ3v) is 2.97. The van der Waals surface area contributed by atoms with Crippen LogP contribution in [-0.2, 0) is 4.79 Å². The minimum Gasteiger partial charge on any atom is -0.480 e. The van der Waals surface area contributed by atoms with Crippen molar-refractivity contribution in [3.8, 4) is 0 Å². The first kappa shape index (κ1) is 13.6. The summed E-state index contributed by atoms with van der Waals surface area (Å²) < 4.78 is 13.1. The molecular formula is C13H18FNO2. The number of aliphatic carboxylic acids is 1. The second-order valence-corrected chi connectivity index (χ2v) is 4.59. The molecule has 3 N–H and O–H groups in total.